The highest BCUT2D eigenvalue weighted by molar-refractivity contribution is 5.91. The van der Waals surface area contributed by atoms with Crippen molar-refractivity contribution < 1.29 is 14.1 Å². The maximum atomic E-state index is 12.7. The second-order valence-electron chi connectivity index (χ2n) is 5.24. The maximum absolute atomic E-state index is 12.7. The number of nitrogens with zero attached hydrogens (tertiary/aromatic N) is 4. The second kappa shape index (κ2) is 6.34. The molecule has 0 N–H and O–H groups in total. The zero-order chi connectivity index (χ0) is 14.5. The van der Waals surface area contributed by atoms with Gasteiger partial charge in [-0.2, -0.15) is 0 Å². The third kappa shape index (κ3) is 3.05. The van der Waals surface area contributed by atoms with Crippen LogP contribution in [0.1, 0.15) is 26.7 Å². The van der Waals surface area contributed by atoms with Crippen LogP contribution in [0.2, 0.25) is 0 Å². The van der Waals surface area contributed by atoms with Gasteiger partial charge in [0.1, 0.15) is 5.94 Å². The number of carbonyl (C=O) groups excluding carboxylic acids is 2. The fourth-order valence-electron chi connectivity index (χ4n) is 2.35. The fourth-order valence-corrected chi connectivity index (χ4v) is 2.35. The Morgan fingerprint density at radius 3 is 3.10 bits per heavy atom. The van der Waals surface area contributed by atoms with Crippen LogP contribution < -0.4 is 4.90 Å². The molecule has 1 fully saturated rings. The zero-order valence-electron chi connectivity index (χ0n) is 11.7. The van der Waals surface area contributed by atoms with Gasteiger partial charge in [0.2, 0.25) is 5.82 Å². The molecular weight excluding hydrogens is 260 g/mol. The molecule has 1 aromatic heterocycles. The molecule has 1 aliphatic heterocycles. The van der Waals surface area contributed by atoms with E-state index < -0.39 is 0 Å². The van der Waals surface area contributed by atoms with Crippen molar-refractivity contribution >= 4 is 17.8 Å². The van der Waals surface area contributed by atoms with Gasteiger partial charge < -0.3 is 9.42 Å². The summed E-state index contributed by atoms with van der Waals surface area (Å²) in [5, 5.41) is 7.21. The summed E-state index contributed by atoms with van der Waals surface area (Å²) in [6.07, 6.45) is 4.41. The Bertz CT molecular complexity index is 494. The number of hydrogen-bond acceptors (Lipinski definition) is 5. The topological polar surface area (TPSA) is 79.5 Å². The first-order valence-corrected chi connectivity index (χ1v) is 6.69. The van der Waals surface area contributed by atoms with Crippen LogP contribution >= 0.6 is 0 Å². The quantitative estimate of drug-likeness (QED) is 0.780. The molecule has 1 aliphatic rings. The normalized spacial score (nSPS) is 18.1. The van der Waals surface area contributed by atoms with Crippen molar-refractivity contribution in [3.8, 4) is 0 Å². The molecule has 0 aliphatic carbocycles. The van der Waals surface area contributed by atoms with Gasteiger partial charge >= 0.3 is 6.03 Å². The zero-order valence-corrected chi connectivity index (χ0v) is 11.7. The van der Waals surface area contributed by atoms with E-state index in [9.17, 15) is 9.59 Å². The summed E-state index contributed by atoms with van der Waals surface area (Å²) >= 11 is 0. The molecule has 0 unspecified atom stereocenters. The molecule has 0 radical (unpaired) electrons. The van der Waals surface area contributed by atoms with Crippen molar-refractivity contribution in [2.75, 3.05) is 18.0 Å². The molecule has 1 aromatic rings. The molecule has 108 valence electrons. The van der Waals surface area contributed by atoms with Crippen LogP contribution in [-0.2, 0) is 4.79 Å². The van der Waals surface area contributed by atoms with Crippen LogP contribution in [0.25, 0.3) is 0 Å². The maximum Gasteiger partial charge on any atom is 0.326 e. The molecule has 20 heavy (non-hydrogen) atoms. The summed E-state index contributed by atoms with van der Waals surface area (Å²) in [7, 11) is 0. The molecule has 0 saturated carbocycles. The first kappa shape index (κ1) is 14.3. The van der Waals surface area contributed by atoms with Gasteiger partial charge in [-0.25, -0.2) is 9.59 Å². The molecule has 0 bridgehead atoms. The summed E-state index contributed by atoms with van der Waals surface area (Å²) in [6.45, 7) is 5.17. The molecule has 0 spiro atoms. The average Bonchev–Trinajstić information content (AvgIpc) is 3.06. The van der Waals surface area contributed by atoms with E-state index in [4.69, 9.17) is 4.52 Å². The lowest BCUT2D eigenvalue weighted by Crippen LogP contribution is -2.46. The Hall–Kier alpha value is -2.14. The molecule has 0 aromatic carbocycles. The smallest absolute Gasteiger partial charge is 0.326 e. The van der Waals surface area contributed by atoms with Gasteiger partial charge in [0.25, 0.3) is 0 Å². The lowest BCUT2D eigenvalue weighted by molar-refractivity contribution is 0.206. The van der Waals surface area contributed by atoms with Crippen molar-refractivity contribution in [3.63, 3.8) is 0 Å². The van der Waals surface area contributed by atoms with Gasteiger partial charge in [-0.05, 0) is 18.8 Å². The second-order valence-corrected chi connectivity index (χ2v) is 5.24. The van der Waals surface area contributed by atoms with Crippen molar-refractivity contribution in [1.29, 1.82) is 0 Å². The van der Waals surface area contributed by atoms with Crippen LogP contribution in [-0.4, -0.2) is 46.4 Å². The van der Waals surface area contributed by atoms with Crippen LogP contribution in [0.3, 0.4) is 0 Å². The predicted octanol–water partition coefficient (Wildman–Crippen LogP) is 1.50. The standard InChI is InChI=1S/C13H18N4O3/c1-10(2)8-17(12-9-20-15-14-12)13(19)16-6-3-4-11(16)5-7-18/h5,9-11H,3-4,6,8H2,1-2H3/t11-/m0/s1. The van der Waals surface area contributed by atoms with Crippen molar-refractivity contribution in [1.82, 2.24) is 15.3 Å². The van der Waals surface area contributed by atoms with Gasteiger partial charge in [0.15, 0.2) is 6.26 Å². The highest BCUT2D eigenvalue weighted by atomic mass is 16.5. The van der Waals surface area contributed by atoms with E-state index in [1.165, 1.54) is 17.2 Å². The predicted molar refractivity (Wildman–Crippen MR) is 71.9 cm³/mol. The lowest BCUT2D eigenvalue weighted by atomic mass is 10.2. The van der Waals surface area contributed by atoms with Gasteiger partial charge in [-0.15, -0.1) is 0 Å². The SMILES string of the molecule is CC(C)CN(C(=O)N1CCC[C@H]1C=C=O)c1conn1. The van der Waals surface area contributed by atoms with Gasteiger partial charge in [-0.3, -0.25) is 4.90 Å². The highest BCUT2D eigenvalue weighted by Crippen LogP contribution is 2.22. The summed E-state index contributed by atoms with van der Waals surface area (Å²) in [6, 6.07) is -0.363. The van der Waals surface area contributed by atoms with E-state index in [0.717, 1.165) is 12.8 Å². The number of urea groups is 1. The van der Waals surface area contributed by atoms with Gasteiger partial charge in [0.05, 0.1) is 6.04 Å². The van der Waals surface area contributed by atoms with Crippen LogP contribution in [0.5, 0.6) is 0 Å². The molecule has 2 heterocycles. The Balaban J connectivity index is 2.20. The lowest BCUT2D eigenvalue weighted by Gasteiger charge is -2.29. The summed E-state index contributed by atoms with van der Waals surface area (Å²) in [5.41, 5.74) is 0. The molecule has 1 saturated heterocycles. The molecule has 1 atom stereocenters. The molecular formula is C13H18N4O3. The van der Waals surface area contributed by atoms with E-state index in [1.807, 2.05) is 13.8 Å². The van der Waals surface area contributed by atoms with Crippen molar-refractivity contribution in [2.45, 2.75) is 32.7 Å². The summed E-state index contributed by atoms with van der Waals surface area (Å²) < 4.78 is 4.72. The first-order valence-electron chi connectivity index (χ1n) is 6.69. The number of carbonyl (C=O) groups is 1. The Kier molecular flexibility index (Phi) is 4.53. The van der Waals surface area contributed by atoms with E-state index in [-0.39, 0.29) is 18.0 Å². The minimum Gasteiger partial charge on any atom is -0.343 e. The number of aromatic nitrogens is 2. The summed E-state index contributed by atoms with van der Waals surface area (Å²) in [5.74, 6) is 2.44. The van der Waals surface area contributed by atoms with E-state index >= 15 is 0 Å². The summed E-state index contributed by atoms with van der Waals surface area (Å²) in [4.78, 5) is 26.4. The van der Waals surface area contributed by atoms with Gasteiger partial charge in [-0.1, -0.05) is 18.9 Å². The largest absolute Gasteiger partial charge is 0.343 e. The van der Waals surface area contributed by atoms with Crippen molar-refractivity contribution in [3.05, 3.63) is 12.3 Å². The molecule has 7 heteroatoms. The first-order chi connectivity index (χ1) is 9.63. The Labute approximate surface area is 117 Å². The van der Waals surface area contributed by atoms with Crippen molar-refractivity contribution in [2.24, 2.45) is 5.92 Å². The fraction of sp³-hybridized carbons (Fsp3) is 0.615. The number of likely N-dealkylation sites (tertiary alicyclic amines) is 1. The molecule has 2 amide bonds. The van der Waals surface area contributed by atoms with E-state index in [2.05, 4.69) is 10.4 Å². The molecule has 7 nitrogen and oxygen atoms in total. The Morgan fingerprint density at radius 1 is 1.70 bits per heavy atom. The number of hydrogen-bond donors (Lipinski definition) is 0. The number of anilines is 1. The van der Waals surface area contributed by atoms with E-state index in [1.54, 1.807) is 10.8 Å². The van der Waals surface area contributed by atoms with Crippen LogP contribution in [0.4, 0.5) is 10.6 Å². The van der Waals surface area contributed by atoms with Gasteiger partial charge in [0, 0.05) is 24.4 Å². The highest BCUT2D eigenvalue weighted by Gasteiger charge is 2.32. The van der Waals surface area contributed by atoms with E-state index in [0.29, 0.717) is 18.9 Å². The number of rotatable bonds is 4. The molecule has 2 rings (SSSR count). The minimum atomic E-state index is -0.186. The third-order valence-corrected chi connectivity index (χ3v) is 3.21. The van der Waals surface area contributed by atoms with Crippen LogP contribution in [0, 0.1) is 5.92 Å². The minimum absolute atomic E-state index is 0.177. The Morgan fingerprint density at radius 2 is 2.50 bits per heavy atom. The third-order valence-electron chi connectivity index (χ3n) is 3.21. The number of amides is 2. The average molecular weight is 278 g/mol. The van der Waals surface area contributed by atoms with Crippen LogP contribution in [0.15, 0.2) is 16.9 Å². The monoisotopic (exact) mass is 278 g/mol.